The van der Waals surface area contributed by atoms with Crippen LogP contribution in [0.15, 0.2) is 0 Å². The molecule has 0 unspecified atom stereocenters. The molecule has 0 heterocycles. The first kappa shape index (κ1) is 16.4. The summed E-state index contributed by atoms with van der Waals surface area (Å²) >= 11 is 0. The van der Waals surface area contributed by atoms with Crippen LogP contribution in [-0.2, 0) is 4.79 Å². The number of carbonyl (C=O) groups excluding carboxylic acids is 1. The number of amides is 1. The summed E-state index contributed by atoms with van der Waals surface area (Å²) in [6.45, 7) is 3.51. The maximum atomic E-state index is 11.1. The predicted molar refractivity (Wildman–Crippen MR) is 73.9 cm³/mol. The minimum atomic E-state index is 0.0899. The lowest BCUT2D eigenvalue weighted by atomic mass is 10.1. The summed E-state index contributed by atoms with van der Waals surface area (Å²) in [5.74, 6) is 0.0899. The van der Waals surface area contributed by atoms with E-state index in [9.17, 15) is 4.79 Å². The zero-order valence-corrected chi connectivity index (χ0v) is 11.5. The zero-order chi connectivity index (χ0) is 12.8. The third kappa shape index (κ3) is 13.4. The molecule has 0 fully saturated rings. The van der Waals surface area contributed by atoms with Crippen molar-refractivity contribution in [1.82, 2.24) is 5.32 Å². The Bertz CT molecular complexity index is 172. The Hall–Kier alpha value is -0.570. The van der Waals surface area contributed by atoms with Gasteiger partial charge in [-0.2, -0.15) is 0 Å². The summed E-state index contributed by atoms with van der Waals surface area (Å²) in [7, 11) is 0. The van der Waals surface area contributed by atoms with E-state index >= 15 is 0 Å². The van der Waals surface area contributed by atoms with Gasteiger partial charge in [-0.25, -0.2) is 0 Å². The molecule has 3 N–H and O–H groups in total. The molecular formula is C14H30N2O. The molecule has 3 heteroatoms. The van der Waals surface area contributed by atoms with Gasteiger partial charge in [0.15, 0.2) is 0 Å². The lowest BCUT2D eigenvalue weighted by molar-refractivity contribution is -0.120. The predicted octanol–water partition coefficient (Wildman–Crippen LogP) is 2.98. The highest BCUT2D eigenvalue weighted by molar-refractivity contribution is 5.75. The van der Waals surface area contributed by atoms with Crippen molar-refractivity contribution in [3.63, 3.8) is 0 Å². The monoisotopic (exact) mass is 242 g/mol. The van der Waals surface area contributed by atoms with Crippen molar-refractivity contribution in [1.29, 1.82) is 0 Å². The fraction of sp³-hybridized carbons (Fsp3) is 0.929. The number of nitrogens with one attached hydrogen (secondary N) is 1. The molecule has 0 atom stereocenters. The van der Waals surface area contributed by atoms with Crippen molar-refractivity contribution in [3.05, 3.63) is 0 Å². The van der Waals surface area contributed by atoms with Crippen LogP contribution in [0.1, 0.15) is 71.1 Å². The van der Waals surface area contributed by atoms with Crippen molar-refractivity contribution >= 4 is 5.91 Å². The van der Waals surface area contributed by atoms with E-state index in [4.69, 9.17) is 5.73 Å². The normalized spacial score (nSPS) is 10.5. The van der Waals surface area contributed by atoms with Crippen LogP contribution < -0.4 is 11.1 Å². The number of rotatable bonds is 12. The molecule has 0 aliphatic carbocycles. The van der Waals surface area contributed by atoms with Gasteiger partial charge in [0.1, 0.15) is 0 Å². The quantitative estimate of drug-likeness (QED) is 0.517. The van der Waals surface area contributed by atoms with Gasteiger partial charge < -0.3 is 11.1 Å². The second kappa shape index (κ2) is 13.5. The van der Waals surface area contributed by atoms with Crippen molar-refractivity contribution in [2.24, 2.45) is 5.73 Å². The minimum Gasteiger partial charge on any atom is -0.356 e. The summed E-state index contributed by atoms with van der Waals surface area (Å²) in [5, 5.41) is 2.88. The van der Waals surface area contributed by atoms with Crippen LogP contribution in [0.2, 0.25) is 0 Å². The average molecular weight is 242 g/mol. The summed E-state index contributed by atoms with van der Waals surface area (Å²) in [6.07, 6.45) is 12.3. The molecule has 0 aliphatic rings. The SMILES string of the molecule is CCCCCCCCCCCNC(=O)CCN. The third-order valence-corrected chi connectivity index (χ3v) is 2.97. The van der Waals surface area contributed by atoms with Gasteiger partial charge in [-0.1, -0.05) is 58.3 Å². The molecule has 0 spiro atoms. The molecule has 0 aromatic rings. The Kier molecular flexibility index (Phi) is 13.0. The Labute approximate surface area is 107 Å². The van der Waals surface area contributed by atoms with Crippen molar-refractivity contribution in [2.75, 3.05) is 13.1 Å². The lowest BCUT2D eigenvalue weighted by Crippen LogP contribution is -2.26. The Morgan fingerprint density at radius 1 is 0.941 bits per heavy atom. The molecule has 0 radical (unpaired) electrons. The largest absolute Gasteiger partial charge is 0.356 e. The standard InChI is InChI=1S/C14H30N2O/c1-2-3-4-5-6-7-8-9-10-13-16-14(17)11-12-15/h2-13,15H2,1H3,(H,16,17). The number of hydrogen-bond donors (Lipinski definition) is 2. The Morgan fingerprint density at radius 3 is 2.00 bits per heavy atom. The van der Waals surface area contributed by atoms with Crippen LogP contribution in [0.5, 0.6) is 0 Å². The van der Waals surface area contributed by atoms with E-state index in [1.165, 1.54) is 51.4 Å². The van der Waals surface area contributed by atoms with Crippen molar-refractivity contribution in [3.8, 4) is 0 Å². The number of nitrogens with two attached hydrogens (primary N) is 1. The average Bonchev–Trinajstić information content (AvgIpc) is 2.32. The van der Waals surface area contributed by atoms with E-state index in [1.54, 1.807) is 0 Å². The van der Waals surface area contributed by atoms with Gasteiger partial charge in [0, 0.05) is 19.5 Å². The van der Waals surface area contributed by atoms with Crippen molar-refractivity contribution < 1.29 is 4.79 Å². The van der Waals surface area contributed by atoms with E-state index in [2.05, 4.69) is 12.2 Å². The van der Waals surface area contributed by atoms with Gasteiger partial charge in [0.25, 0.3) is 0 Å². The fourth-order valence-corrected chi connectivity index (χ4v) is 1.88. The first-order valence-corrected chi connectivity index (χ1v) is 7.28. The minimum absolute atomic E-state index is 0.0899. The molecule has 0 aromatic carbocycles. The molecule has 0 saturated carbocycles. The van der Waals surface area contributed by atoms with Gasteiger partial charge in [0.05, 0.1) is 0 Å². The van der Waals surface area contributed by atoms with Crippen LogP contribution >= 0.6 is 0 Å². The van der Waals surface area contributed by atoms with E-state index < -0.39 is 0 Å². The van der Waals surface area contributed by atoms with Gasteiger partial charge in [-0.15, -0.1) is 0 Å². The molecule has 0 aliphatic heterocycles. The van der Waals surface area contributed by atoms with Gasteiger partial charge in [-0.3, -0.25) is 4.79 Å². The van der Waals surface area contributed by atoms with Gasteiger partial charge in [0.2, 0.25) is 5.91 Å². The lowest BCUT2D eigenvalue weighted by Gasteiger charge is -2.04. The zero-order valence-electron chi connectivity index (χ0n) is 11.5. The Morgan fingerprint density at radius 2 is 1.47 bits per heavy atom. The number of carbonyl (C=O) groups is 1. The summed E-state index contributed by atoms with van der Waals surface area (Å²) in [4.78, 5) is 11.1. The first-order chi connectivity index (χ1) is 8.31. The Balaban J connectivity index is 3.01. The third-order valence-electron chi connectivity index (χ3n) is 2.97. The van der Waals surface area contributed by atoms with Crippen LogP contribution in [0.25, 0.3) is 0 Å². The van der Waals surface area contributed by atoms with Crippen LogP contribution in [-0.4, -0.2) is 19.0 Å². The maximum Gasteiger partial charge on any atom is 0.221 e. The molecule has 0 rings (SSSR count). The summed E-state index contributed by atoms with van der Waals surface area (Å²) in [6, 6.07) is 0. The molecule has 102 valence electrons. The topological polar surface area (TPSA) is 55.1 Å². The van der Waals surface area contributed by atoms with Crippen LogP contribution in [0.4, 0.5) is 0 Å². The maximum absolute atomic E-state index is 11.1. The van der Waals surface area contributed by atoms with Gasteiger partial charge >= 0.3 is 0 Å². The van der Waals surface area contributed by atoms with E-state index in [0.717, 1.165) is 13.0 Å². The number of hydrogen-bond acceptors (Lipinski definition) is 2. The second-order valence-electron chi connectivity index (χ2n) is 4.72. The molecule has 0 saturated heterocycles. The smallest absolute Gasteiger partial charge is 0.221 e. The molecule has 1 amide bonds. The number of unbranched alkanes of at least 4 members (excludes halogenated alkanes) is 8. The molecule has 0 aromatic heterocycles. The molecule has 3 nitrogen and oxygen atoms in total. The van der Waals surface area contributed by atoms with Crippen LogP contribution in [0, 0.1) is 0 Å². The highest BCUT2D eigenvalue weighted by atomic mass is 16.1. The van der Waals surface area contributed by atoms with E-state index in [-0.39, 0.29) is 5.91 Å². The summed E-state index contributed by atoms with van der Waals surface area (Å²) < 4.78 is 0. The molecular weight excluding hydrogens is 212 g/mol. The van der Waals surface area contributed by atoms with Crippen LogP contribution in [0.3, 0.4) is 0 Å². The fourth-order valence-electron chi connectivity index (χ4n) is 1.88. The van der Waals surface area contributed by atoms with E-state index in [1.807, 2.05) is 0 Å². The highest BCUT2D eigenvalue weighted by Gasteiger charge is 1.97. The molecule has 17 heavy (non-hydrogen) atoms. The second-order valence-corrected chi connectivity index (χ2v) is 4.72. The van der Waals surface area contributed by atoms with E-state index in [0.29, 0.717) is 13.0 Å². The van der Waals surface area contributed by atoms with Crippen molar-refractivity contribution in [2.45, 2.75) is 71.1 Å². The molecule has 0 bridgehead atoms. The highest BCUT2D eigenvalue weighted by Crippen LogP contribution is 2.09. The first-order valence-electron chi connectivity index (χ1n) is 7.28. The summed E-state index contributed by atoms with van der Waals surface area (Å²) in [5.41, 5.74) is 5.29. The van der Waals surface area contributed by atoms with Gasteiger partial charge in [-0.05, 0) is 6.42 Å².